The minimum Gasteiger partial charge on any atom is -0.506 e. The lowest BCUT2D eigenvalue weighted by molar-refractivity contribution is -0.384. The first-order chi connectivity index (χ1) is 16.6. The molecule has 1 aliphatic heterocycles. The third-order valence-corrected chi connectivity index (χ3v) is 6.79. The van der Waals surface area contributed by atoms with Crippen LogP contribution in [0.15, 0.2) is 51.8 Å². The highest BCUT2D eigenvalue weighted by molar-refractivity contribution is 7.07. The fourth-order valence-corrected chi connectivity index (χ4v) is 5.21. The Morgan fingerprint density at radius 2 is 2.00 bits per heavy atom. The first kappa shape index (κ1) is 24.6. The first-order valence-corrected chi connectivity index (χ1v) is 11.8. The van der Waals surface area contributed by atoms with Crippen molar-refractivity contribution in [3.05, 3.63) is 92.9 Å². The van der Waals surface area contributed by atoms with Crippen LogP contribution in [-0.2, 0) is 9.53 Å². The van der Waals surface area contributed by atoms with Gasteiger partial charge in [-0.25, -0.2) is 9.79 Å². The third-order valence-electron chi connectivity index (χ3n) is 5.30. The Hall–Kier alpha value is -3.47. The van der Waals surface area contributed by atoms with E-state index in [1.54, 1.807) is 13.8 Å². The SMILES string of the molecule is CCOC(=O)C1=C(C)n2c(s/c(=C\c3cc(Cl)cc(Cl)c3O)c2=O)=N[C@@H]1c1ccc([N+](=O)[O-])cc1. The number of non-ortho nitro benzene ring substituents is 1. The van der Waals surface area contributed by atoms with Crippen LogP contribution < -0.4 is 14.9 Å². The van der Waals surface area contributed by atoms with Crippen LogP contribution in [0.1, 0.15) is 31.0 Å². The molecule has 0 saturated heterocycles. The van der Waals surface area contributed by atoms with Gasteiger partial charge in [-0.2, -0.15) is 0 Å². The van der Waals surface area contributed by atoms with Gasteiger partial charge in [0.25, 0.3) is 11.2 Å². The van der Waals surface area contributed by atoms with E-state index in [4.69, 9.17) is 27.9 Å². The fraction of sp³-hybridized carbons (Fsp3) is 0.174. The second kappa shape index (κ2) is 9.65. The molecule has 0 saturated carbocycles. The summed E-state index contributed by atoms with van der Waals surface area (Å²) in [7, 11) is 0. The van der Waals surface area contributed by atoms with Crippen LogP contribution in [0.3, 0.4) is 0 Å². The van der Waals surface area contributed by atoms with Crippen molar-refractivity contribution in [1.82, 2.24) is 4.57 Å². The van der Waals surface area contributed by atoms with Crippen molar-refractivity contribution in [2.24, 2.45) is 4.99 Å². The van der Waals surface area contributed by atoms with Gasteiger partial charge in [-0.15, -0.1) is 0 Å². The summed E-state index contributed by atoms with van der Waals surface area (Å²) in [5.41, 5.74) is 0.686. The molecule has 2 aromatic carbocycles. The maximum Gasteiger partial charge on any atom is 0.338 e. The van der Waals surface area contributed by atoms with E-state index >= 15 is 0 Å². The van der Waals surface area contributed by atoms with Crippen LogP contribution in [0.25, 0.3) is 11.8 Å². The van der Waals surface area contributed by atoms with E-state index in [2.05, 4.69) is 4.99 Å². The molecule has 0 bridgehead atoms. The molecule has 1 atom stereocenters. The lowest BCUT2D eigenvalue weighted by atomic mass is 9.96. The average Bonchev–Trinajstić information content (AvgIpc) is 3.12. The van der Waals surface area contributed by atoms with E-state index in [-0.39, 0.29) is 43.8 Å². The summed E-state index contributed by atoms with van der Waals surface area (Å²) in [6.07, 6.45) is 1.44. The Balaban J connectivity index is 1.95. The number of hydrogen-bond acceptors (Lipinski definition) is 8. The van der Waals surface area contributed by atoms with Crippen molar-refractivity contribution in [2.45, 2.75) is 19.9 Å². The van der Waals surface area contributed by atoms with Crippen molar-refractivity contribution < 1.29 is 19.6 Å². The topological polar surface area (TPSA) is 124 Å². The largest absolute Gasteiger partial charge is 0.506 e. The zero-order valence-electron chi connectivity index (χ0n) is 18.3. The highest BCUT2D eigenvalue weighted by Crippen LogP contribution is 2.34. The summed E-state index contributed by atoms with van der Waals surface area (Å²) < 4.78 is 6.74. The number of nitro groups is 1. The summed E-state index contributed by atoms with van der Waals surface area (Å²) in [5.74, 6) is -0.877. The molecule has 1 aromatic heterocycles. The quantitative estimate of drug-likeness (QED) is 0.302. The lowest BCUT2D eigenvalue weighted by Crippen LogP contribution is -2.35. The van der Waals surface area contributed by atoms with Crippen molar-refractivity contribution in [3.8, 4) is 5.75 Å². The van der Waals surface area contributed by atoms with Crippen LogP contribution in [0.2, 0.25) is 10.0 Å². The fourth-order valence-electron chi connectivity index (χ4n) is 3.67. The maximum absolute atomic E-state index is 13.3. The highest BCUT2D eigenvalue weighted by Gasteiger charge is 2.31. The molecule has 0 spiro atoms. The minimum absolute atomic E-state index is 0.0359. The van der Waals surface area contributed by atoms with Gasteiger partial charge in [-0.3, -0.25) is 19.5 Å². The number of allylic oxidation sites excluding steroid dienone is 1. The average molecular weight is 534 g/mol. The Morgan fingerprint density at radius 3 is 2.63 bits per heavy atom. The number of phenolic OH excluding ortho intramolecular Hbond substituents is 1. The number of aromatic hydroxyl groups is 1. The number of carbonyl (C=O) groups is 1. The molecule has 0 aliphatic carbocycles. The molecule has 0 radical (unpaired) electrons. The van der Waals surface area contributed by atoms with Crippen LogP contribution >= 0.6 is 34.5 Å². The summed E-state index contributed by atoms with van der Waals surface area (Å²) in [4.78, 5) is 41.6. The number of esters is 1. The van der Waals surface area contributed by atoms with Crippen molar-refractivity contribution in [2.75, 3.05) is 6.61 Å². The summed E-state index contributed by atoms with van der Waals surface area (Å²) in [6.45, 7) is 3.38. The van der Waals surface area contributed by atoms with E-state index in [0.29, 0.717) is 16.1 Å². The van der Waals surface area contributed by atoms with Crippen molar-refractivity contribution >= 4 is 58.0 Å². The summed E-state index contributed by atoms with van der Waals surface area (Å²) >= 11 is 13.1. The van der Waals surface area contributed by atoms with Gasteiger partial charge in [0.05, 0.1) is 26.7 Å². The minimum atomic E-state index is -0.838. The van der Waals surface area contributed by atoms with Crippen LogP contribution in [0.5, 0.6) is 5.75 Å². The molecule has 3 aromatic rings. The number of carbonyl (C=O) groups excluding carboxylic acids is 1. The molecule has 0 fully saturated rings. The molecule has 1 N–H and O–H groups in total. The number of nitro benzene ring substituents is 1. The molecular weight excluding hydrogens is 517 g/mol. The first-order valence-electron chi connectivity index (χ1n) is 10.2. The van der Waals surface area contributed by atoms with Crippen molar-refractivity contribution in [1.29, 1.82) is 0 Å². The zero-order valence-corrected chi connectivity index (χ0v) is 20.6. The Kier molecular flexibility index (Phi) is 6.79. The van der Waals surface area contributed by atoms with Crippen molar-refractivity contribution in [3.63, 3.8) is 0 Å². The Labute approximate surface area is 212 Å². The Morgan fingerprint density at radius 1 is 1.31 bits per heavy atom. The van der Waals surface area contributed by atoms with E-state index in [9.17, 15) is 24.8 Å². The monoisotopic (exact) mass is 533 g/mol. The van der Waals surface area contributed by atoms with Gasteiger partial charge in [0.1, 0.15) is 11.8 Å². The van der Waals surface area contributed by atoms with E-state index in [0.717, 1.165) is 11.3 Å². The number of halogens is 2. The molecule has 0 amide bonds. The van der Waals surface area contributed by atoms with Gasteiger partial charge in [0, 0.05) is 28.4 Å². The molecule has 9 nitrogen and oxygen atoms in total. The number of aromatic nitrogens is 1. The number of fused-ring (bicyclic) bond motifs is 1. The van der Waals surface area contributed by atoms with Crippen LogP contribution in [0.4, 0.5) is 5.69 Å². The molecule has 0 unspecified atom stereocenters. The number of nitrogens with zero attached hydrogens (tertiary/aromatic N) is 3. The second-order valence-corrected chi connectivity index (χ2v) is 9.31. The number of phenols is 1. The molecule has 1 aliphatic rings. The molecule has 180 valence electrons. The third kappa shape index (κ3) is 4.60. The second-order valence-electron chi connectivity index (χ2n) is 7.46. The number of hydrogen-bond donors (Lipinski definition) is 1. The predicted molar refractivity (Wildman–Crippen MR) is 132 cm³/mol. The van der Waals surface area contributed by atoms with Crippen LogP contribution in [-0.4, -0.2) is 27.2 Å². The summed E-state index contributed by atoms with van der Waals surface area (Å²) in [6, 6.07) is 7.68. The molecule has 12 heteroatoms. The van der Waals surface area contributed by atoms with E-state index in [1.165, 1.54) is 47.0 Å². The van der Waals surface area contributed by atoms with Gasteiger partial charge in [-0.1, -0.05) is 34.5 Å². The summed E-state index contributed by atoms with van der Waals surface area (Å²) in [5, 5.41) is 21.6. The Bertz CT molecular complexity index is 1570. The lowest BCUT2D eigenvalue weighted by Gasteiger charge is -2.22. The molecular formula is C23H17Cl2N3O6S. The van der Waals surface area contributed by atoms with E-state index < -0.39 is 22.5 Å². The van der Waals surface area contributed by atoms with Gasteiger partial charge in [-0.05, 0) is 49.8 Å². The normalized spacial score (nSPS) is 15.5. The van der Waals surface area contributed by atoms with Crippen LogP contribution in [0, 0.1) is 10.1 Å². The maximum atomic E-state index is 13.3. The van der Waals surface area contributed by atoms with Gasteiger partial charge < -0.3 is 9.84 Å². The molecule has 35 heavy (non-hydrogen) atoms. The van der Waals surface area contributed by atoms with Gasteiger partial charge in [0.2, 0.25) is 0 Å². The number of benzene rings is 2. The zero-order chi connectivity index (χ0) is 25.4. The van der Waals surface area contributed by atoms with Gasteiger partial charge >= 0.3 is 5.97 Å². The smallest absolute Gasteiger partial charge is 0.338 e. The van der Waals surface area contributed by atoms with Gasteiger partial charge in [0.15, 0.2) is 4.80 Å². The molecule has 4 rings (SSSR count). The molecule has 2 heterocycles. The number of rotatable bonds is 5. The highest BCUT2D eigenvalue weighted by atomic mass is 35.5. The predicted octanol–water partition coefficient (Wildman–Crippen LogP) is 3.83. The number of thiazole rings is 1. The van der Waals surface area contributed by atoms with E-state index in [1.807, 2.05) is 0 Å². The number of ether oxygens (including phenoxy) is 1. The standard InChI is InChI=1S/C23H17Cl2N3O6S/c1-3-34-22(31)18-11(2)27-21(30)17(9-13-8-14(24)10-16(25)20(13)29)35-23(27)26-19(18)12-4-6-15(7-5-12)28(32)33/h4-10,19,29H,3H2,1-2H3/b17-9-/t19-/m1/s1.